The monoisotopic (exact) mass is 562 g/mol. The van der Waals surface area contributed by atoms with Gasteiger partial charge in [0.05, 0.1) is 30.2 Å². The van der Waals surface area contributed by atoms with Gasteiger partial charge >= 0.3 is 5.63 Å². The lowest BCUT2D eigenvalue weighted by atomic mass is 9.43. The number of hydrogen-bond donors (Lipinski definition) is 6. The molecule has 1 saturated heterocycles. The Balaban J connectivity index is 1.24. The summed E-state index contributed by atoms with van der Waals surface area (Å²) in [4.78, 5) is 11.6. The zero-order chi connectivity index (χ0) is 28.7. The van der Waals surface area contributed by atoms with E-state index < -0.39 is 65.7 Å². The van der Waals surface area contributed by atoms with E-state index in [2.05, 4.69) is 13.8 Å². The van der Waals surface area contributed by atoms with Crippen LogP contribution in [0, 0.1) is 16.7 Å². The highest BCUT2D eigenvalue weighted by molar-refractivity contribution is 5.35. The van der Waals surface area contributed by atoms with Gasteiger partial charge in [-0.15, -0.1) is 0 Å². The van der Waals surface area contributed by atoms with E-state index in [4.69, 9.17) is 13.9 Å². The zero-order valence-corrected chi connectivity index (χ0v) is 23.1. The van der Waals surface area contributed by atoms with E-state index in [1.165, 1.54) is 12.3 Å². The van der Waals surface area contributed by atoms with Crippen molar-refractivity contribution >= 4 is 0 Å². The highest BCUT2D eigenvalue weighted by Gasteiger charge is 2.73. The molecule has 2 heterocycles. The first-order valence-corrected chi connectivity index (χ1v) is 14.6. The fourth-order valence-electron chi connectivity index (χ4n) is 9.29. The van der Waals surface area contributed by atoms with Gasteiger partial charge in [-0.25, -0.2) is 4.79 Å². The number of allylic oxidation sites excluding steroid dienone is 1. The lowest BCUT2D eigenvalue weighted by molar-refractivity contribution is -0.309. The largest absolute Gasteiger partial charge is 0.431 e. The number of fused-ring (bicyclic) bond motifs is 5. The fourth-order valence-corrected chi connectivity index (χ4v) is 9.29. The van der Waals surface area contributed by atoms with Crippen LogP contribution in [0.4, 0.5) is 0 Å². The highest BCUT2D eigenvalue weighted by atomic mass is 16.7. The molecule has 1 aliphatic heterocycles. The Hall–Kier alpha value is -1.63. The molecule has 10 nitrogen and oxygen atoms in total. The van der Waals surface area contributed by atoms with Gasteiger partial charge in [0.25, 0.3) is 0 Å². The first kappa shape index (κ1) is 28.5. The van der Waals surface area contributed by atoms with Crippen LogP contribution in [-0.4, -0.2) is 85.3 Å². The standard InChI is InChI=1S/C30H42O10/c1-27-9-6-18(39-26-25(35)24(34)23(33)20(14-31)40-26)13-17(27)5-11-29(36)21(27)8-10-28(2)19(7-12-30(28,29)37)16-3-4-22(32)38-15-16/h3-4,13,15,18-21,23-26,31,33-37H,5-12,14H2,1-2H3/t18?,19?,20-,21?,23-,24+,25-,26-,27?,28?,29?,30?/m1/s1. The van der Waals surface area contributed by atoms with Crippen LogP contribution in [0.1, 0.15) is 76.7 Å². The minimum atomic E-state index is -1.50. The van der Waals surface area contributed by atoms with Crippen molar-refractivity contribution < 1.29 is 44.5 Å². The summed E-state index contributed by atoms with van der Waals surface area (Å²) in [5.74, 6) is -0.182. The molecule has 5 aliphatic rings. The van der Waals surface area contributed by atoms with Crippen molar-refractivity contribution in [1.82, 2.24) is 0 Å². The number of rotatable bonds is 4. The molecule has 222 valence electrons. The van der Waals surface area contributed by atoms with Crippen LogP contribution in [-0.2, 0) is 9.47 Å². The average molecular weight is 563 g/mol. The third kappa shape index (κ3) is 3.87. The van der Waals surface area contributed by atoms with Crippen molar-refractivity contribution in [3.05, 3.63) is 46.0 Å². The van der Waals surface area contributed by atoms with Crippen LogP contribution >= 0.6 is 0 Å². The first-order valence-electron chi connectivity index (χ1n) is 14.6. The van der Waals surface area contributed by atoms with Crippen LogP contribution in [0.2, 0.25) is 0 Å². The molecule has 10 heteroatoms. The molecule has 40 heavy (non-hydrogen) atoms. The summed E-state index contributed by atoms with van der Waals surface area (Å²) >= 11 is 0. The Kier molecular flexibility index (Phi) is 6.91. The minimum absolute atomic E-state index is 0.0285. The van der Waals surface area contributed by atoms with Crippen molar-refractivity contribution in [2.45, 2.75) is 119 Å². The quantitative estimate of drug-likeness (QED) is 0.292. The van der Waals surface area contributed by atoms with Gasteiger partial charge in [0.1, 0.15) is 24.4 Å². The molecule has 6 N–H and O–H groups in total. The van der Waals surface area contributed by atoms with Crippen molar-refractivity contribution in [2.75, 3.05) is 6.61 Å². The molecule has 4 fully saturated rings. The van der Waals surface area contributed by atoms with E-state index in [1.54, 1.807) is 6.07 Å². The summed E-state index contributed by atoms with van der Waals surface area (Å²) in [6, 6.07) is 3.20. The normalized spacial score (nSPS) is 50.5. The molecule has 7 unspecified atom stereocenters. The smallest absolute Gasteiger partial charge is 0.335 e. The van der Waals surface area contributed by atoms with Gasteiger partial charge in [-0.05, 0) is 80.2 Å². The lowest BCUT2D eigenvalue weighted by Gasteiger charge is -2.65. The SMILES string of the molecule is CC12CCC(O[C@@H]3O[C@H](CO)[C@@H](O)[C@H](O)[C@H]3O)C=C1CCC1(O)C2CCC2(C)C(c3ccc(=O)oc3)CCC21O. The van der Waals surface area contributed by atoms with Crippen LogP contribution < -0.4 is 5.63 Å². The molecule has 0 bridgehead atoms. The second-order valence-corrected chi connectivity index (χ2v) is 13.3. The molecule has 0 radical (unpaired) electrons. The molecule has 12 atom stereocenters. The van der Waals surface area contributed by atoms with E-state index in [-0.39, 0.29) is 17.3 Å². The van der Waals surface area contributed by atoms with Crippen molar-refractivity contribution in [2.24, 2.45) is 16.7 Å². The zero-order valence-electron chi connectivity index (χ0n) is 23.1. The Morgan fingerprint density at radius 3 is 2.45 bits per heavy atom. The van der Waals surface area contributed by atoms with Gasteiger partial charge in [0, 0.05) is 11.5 Å². The van der Waals surface area contributed by atoms with Gasteiger partial charge in [0.15, 0.2) is 6.29 Å². The molecule has 0 aromatic carbocycles. The third-order valence-electron chi connectivity index (χ3n) is 11.6. The summed E-state index contributed by atoms with van der Waals surface area (Å²) in [5.41, 5.74) is -1.86. The van der Waals surface area contributed by atoms with Crippen LogP contribution in [0.25, 0.3) is 0 Å². The number of aliphatic hydroxyl groups excluding tert-OH is 4. The molecule has 0 spiro atoms. The van der Waals surface area contributed by atoms with E-state index >= 15 is 0 Å². The summed E-state index contributed by atoms with van der Waals surface area (Å²) in [7, 11) is 0. The molecule has 1 aromatic rings. The number of ether oxygens (including phenoxy) is 2. The highest BCUT2D eigenvalue weighted by Crippen LogP contribution is 2.71. The Bertz CT molecular complexity index is 1190. The molecular weight excluding hydrogens is 520 g/mol. The molecule has 4 aliphatic carbocycles. The second-order valence-electron chi connectivity index (χ2n) is 13.3. The van der Waals surface area contributed by atoms with Crippen LogP contribution in [0.15, 0.2) is 39.3 Å². The van der Waals surface area contributed by atoms with Crippen molar-refractivity contribution in [3.8, 4) is 0 Å². The van der Waals surface area contributed by atoms with Crippen molar-refractivity contribution in [1.29, 1.82) is 0 Å². The van der Waals surface area contributed by atoms with Gasteiger partial charge < -0.3 is 44.5 Å². The average Bonchev–Trinajstić information content (AvgIpc) is 3.21. The molecule has 0 amide bonds. The number of hydrogen-bond acceptors (Lipinski definition) is 10. The summed E-state index contributed by atoms with van der Waals surface area (Å²) in [6.07, 6.45) is 1.42. The lowest BCUT2D eigenvalue weighted by Crippen LogP contribution is -2.71. The number of aliphatic hydroxyl groups is 6. The maximum Gasteiger partial charge on any atom is 0.335 e. The van der Waals surface area contributed by atoms with E-state index in [9.17, 15) is 35.4 Å². The van der Waals surface area contributed by atoms with Gasteiger partial charge in [-0.2, -0.15) is 0 Å². The van der Waals surface area contributed by atoms with E-state index in [0.717, 1.165) is 24.0 Å². The van der Waals surface area contributed by atoms with Gasteiger partial charge in [-0.1, -0.05) is 25.5 Å². The van der Waals surface area contributed by atoms with E-state index in [1.807, 2.05) is 6.08 Å². The molecular formula is C30H42O10. The third-order valence-corrected chi connectivity index (χ3v) is 11.6. The minimum Gasteiger partial charge on any atom is -0.431 e. The molecule has 1 aromatic heterocycles. The Morgan fingerprint density at radius 2 is 1.75 bits per heavy atom. The second kappa shape index (κ2) is 9.70. The van der Waals surface area contributed by atoms with Gasteiger partial charge in [0.2, 0.25) is 0 Å². The van der Waals surface area contributed by atoms with Gasteiger partial charge in [-0.3, -0.25) is 0 Å². The first-order chi connectivity index (χ1) is 18.9. The molecule has 3 saturated carbocycles. The Morgan fingerprint density at radius 1 is 0.975 bits per heavy atom. The van der Waals surface area contributed by atoms with Crippen LogP contribution in [0.3, 0.4) is 0 Å². The maximum absolute atomic E-state index is 12.5. The predicted octanol–water partition coefficient (Wildman–Crippen LogP) is 1.10. The Labute approximate surface area is 233 Å². The predicted molar refractivity (Wildman–Crippen MR) is 141 cm³/mol. The van der Waals surface area contributed by atoms with Crippen LogP contribution in [0.5, 0.6) is 0 Å². The maximum atomic E-state index is 12.5. The summed E-state index contributed by atoms with van der Waals surface area (Å²) in [6.45, 7) is 3.72. The van der Waals surface area contributed by atoms with E-state index in [0.29, 0.717) is 38.5 Å². The molecule has 6 rings (SSSR count). The van der Waals surface area contributed by atoms with Crippen molar-refractivity contribution in [3.63, 3.8) is 0 Å². The fraction of sp³-hybridized carbons (Fsp3) is 0.767. The summed E-state index contributed by atoms with van der Waals surface area (Å²) in [5, 5.41) is 65.0. The summed E-state index contributed by atoms with van der Waals surface area (Å²) < 4.78 is 16.8. The topological polar surface area (TPSA) is 170 Å².